The van der Waals surface area contributed by atoms with Gasteiger partial charge in [-0.1, -0.05) is 5.57 Å². The molecule has 1 aliphatic heterocycles. The van der Waals surface area contributed by atoms with Crippen LogP contribution in [0.25, 0.3) is 0 Å². The van der Waals surface area contributed by atoms with Crippen LogP contribution >= 0.6 is 0 Å². The molecule has 92 valence electrons. The number of carboxylic acid groups (broad SMARTS) is 1. The first kappa shape index (κ1) is 13.2. The first-order chi connectivity index (χ1) is 7.61. The highest BCUT2D eigenvalue weighted by Gasteiger charge is 2.18. The Morgan fingerprint density at radius 1 is 1.50 bits per heavy atom. The Bertz CT molecular complexity index is 255. The molecule has 1 N–H and O–H groups in total. The molecule has 0 spiro atoms. The van der Waals surface area contributed by atoms with Crippen LogP contribution < -0.4 is 0 Å². The zero-order valence-electron chi connectivity index (χ0n) is 10.1. The third-order valence-electron chi connectivity index (χ3n) is 2.95. The molecule has 1 aliphatic rings. The molecule has 0 bridgehead atoms. The molecule has 4 heteroatoms. The van der Waals surface area contributed by atoms with Gasteiger partial charge in [-0.15, -0.1) is 0 Å². The molecule has 0 aliphatic carbocycles. The van der Waals surface area contributed by atoms with Gasteiger partial charge in [-0.3, -0.25) is 4.90 Å². The summed E-state index contributed by atoms with van der Waals surface area (Å²) in [5.41, 5.74) is 0.915. The van der Waals surface area contributed by atoms with E-state index in [1.165, 1.54) is 6.08 Å². The Labute approximate surface area is 96.9 Å². The highest BCUT2D eigenvalue weighted by atomic mass is 16.5. The zero-order chi connectivity index (χ0) is 12.0. The first-order valence-corrected chi connectivity index (χ1v) is 5.73. The SMILES string of the molecule is COCC1CCN(CC(C)=CC(=O)O)CC1. The second kappa shape index (κ2) is 6.66. The van der Waals surface area contributed by atoms with Crippen molar-refractivity contribution < 1.29 is 14.6 Å². The lowest BCUT2D eigenvalue weighted by Crippen LogP contribution is -2.36. The summed E-state index contributed by atoms with van der Waals surface area (Å²) in [6.45, 7) is 5.57. The van der Waals surface area contributed by atoms with Gasteiger partial charge < -0.3 is 9.84 Å². The molecule has 1 saturated heterocycles. The largest absolute Gasteiger partial charge is 0.478 e. The lowest BCUT2D eigenvalue weighted by molar-refractivity contribution is -0.131. The van der Waals surface area contributed by atoms with E-state index < -0.39 is 5.97 Å². The zero-order valence-corrected chi connectivity index (χ0v) is 10.1. The van der Waals surface area contributed by atoms with Crippen molar-refractivity contribution in [2.24, 2.45) is 5.92 Å². The molecule has 4 nitrogen and oxygen atoms in total. The van der Waals surface area contributed by atoms with Crippen molar-refractivity contribution in [3.8, 4) is 0 Å². The minimum Gasteiger partial charge on any atom is -0.478 e. The predicted octanol–water partition coefficient (Wildman–Crippen LogP) is 1.38. The second-order valence-corrected chi connectivity index (χ2v) is 4.50. The lowest BCUT2D eigenvalue weighted by Gasteiger charge is -2.31. The Morgan fingerprint density at radius 3 is 2.62 bits per heavy atom. The fraction of sp³-hybridized carbons (Fsp3) is 0.750. The smallest absolute Gasteiger partial charge is 0.328 e. The quantitative estimate of drug-likeness (QED) is 0.721. The number of rotatable bonds is 5. The van der Waals surface area contributed by atoms with Gasteiger partial charge in [-0.2, -0.15) is 0 Å². The van der Waals surface area contributed by atoms with Crippen LogP contribution in [-0.2, 0) is 9.53 Å². The summed E-state index contributed by atoms with van der Waals surface area (Å²) < 4.78 is 5.14. The molecule has 0 atom stereocenters. The van der Waals surface area contributed by atoms with Crippen molar-refractivity contribution in [2.75, 3.05) is 33.4 Å². The fourth-order valence-electron chi connectivity index (χ4n) is 2.16. The van der Waals surface area contributed by atoms with Gasteiger partial charge in [0.1, 0.15) is 0 Å². The molecular weight excluding hydrogens is 206 g/mol. The summed E-state index contributed by atoms with van der Waals surface area (Å²) in [7, 11) is 1.74. The van der Waals surface area contributed by atoms with Crippen LogP contribution in [0.5, 0.6) is 0 Å². The van der Waals surface area contributed by atoms with Crippen molar-refractivity contribution in [3.63, 3.8) is 0 Å². The molecule has 0 aromatic heterocycles. The second-order valence-electron chi connectivity index (χ2n) is 4.50. The van der Waals surface area contributed by atoms with Crippen molar-refractivity contribution in [1.29, 1.82) is 0 Å². The van der Waals surface area contributed by atoms with Crippen molar-refractivity contribution in [1.82, 2.24) is 4.90 Å². The molecule has 0 aromatic rings. The number of carbonyl (C=O) groups is 1. The van der Waals surface area contributed by atoms with E-state index in [0.29, 0.717) is 5.92 Å². The van der Waals surface area contributed by atoms with Gasteiger partial charge in [0.25, 0.3) is 0 Å². The van der Waals surface area contributed by atoms with Crippen LogP contribution in [0.15, 0.2) is 11.6 Å². The van der Waals surface area contributed by atoms with Crippen LogP contribution in [0.3, 0.4) is 0 Å². The topological polar surface area (TPSA) is 49.8 Å². The van der Waals surface area contributed by atoms with Crippen LogP contribution in [0, 0.1) is 5.92 Å². The van der Waals surface area contributed by atoms with E-state index in [1.54, 1.807) is 7.11 Å². The third kappa shape index (κ3) is 4.77. The molecule has 0 amide bonds. The summed E-state index contributed by atoms with van der Waals surface area (Å²) in [6, 6.07) is 0. The molecule has 0 radical (unpaired) electrons. The van der Waals surface area contributed by atoms with E-state index in [1.807, 2.05) is 6.92 Å². The summed E-state index contributed by atoms with van der Waals surface area (Å²) in [4.78, 5) is 12.8. The van der Waals surface area contributed by atoms with Gasteiger partial charge in [-0.25, -0.2) is 4.79 Å². The number of carboxylic acids is 1. The van der Waals surface area contributed by atoms with Crippen LogP contribution in [-0.4, -0.2) is 49.3 Å². The normalized spacial score (nSPS) is 20.0. The summed E-state index contributed by atoms with van der Waals surface area (Å²) >= 11 is 0. The Balaban J connectivity index is 2.29. The highest BCUT2D eigenvalue weighted by Crippen LogP contribution is 2.17. The molecule has 1 rings (SSSR count). The maximum atomic E-state index is 10.5. The van der Waals surface area contributed by atoms with E-state index in [9.17, 15) is 4.79 Å². The number of ether oxygens (including phenoxy) is 1. The summed E-state index contributed by atoms with van der Waals surface area (Å²) in [5.74, 6) is -0.184. The number of likely N-dealkylation sites (tertiary alicyclic amines) is 1. The minimum atomic E-state index is -0.855. The maximum absolute atomic E-state index is 10.5. The van der Waals surface area contributed by atoms with Crippen molar-refractivity contribution >= 4 is 5.97 Å². The van der Waals surface area contributed by atoms with E-state index in [0.717, 1.165) is 44.7 Å². The molecule has 1 fully saturated rings. The number of hydrogen-bond acceptors (Lipinski definition) is 3. The van der Waals surface area contributed by atoms with Crippen LogP contribution in [0.2, 0.25) is 0 Å². The Kier molecular flexibility index (Phi) is 5.49. The third-order valence-corrected chi connectivity index (χ3v) is 2.95. The molecule has 0 saturated carbocycles. The first-order valence-electron chi connectivity index (χ1n) is 5.73. The maximum Gasteiger partial charge on any atom is 0.328 e. The van der Waals surface area contributed by atoms with Gasteiger partial charge in [0.2, 0.25) is 0 Å². The Hall–Kier alpha value is -0.870. The van der Waals surface area contributed by atoms with Gasteiger partial charge >= 0.3 is 5.97 Å². The van der Waals surface area contributed by atoms with E-state index in [-0.39, 0.29) is 0 Å². The highest BCUT2D eigenvalue weighted by molar-refractivity contribution is 5.80. The molecule has 16 heavy (non-hydrogen) atoms. The Morgan fingerprint density at radius 2 is 2.12 bits per heavy atom. The summed E-state index contributed by atoms with van der Waals surface area (Å²) in [6.07, 6.45) is 3.59. The number of hydrogen-bond donors (Lipinski definition) is 1. The molecule has 0 aromatic carbocycles. The van der Waals surface area contributed by atoms with Gasteiger partial charge in [0, 0.05) is 26.3 Å². The average molecular weight is 227 g/mol. The van der Waals surface area contributed by atoms with Gasteiger partial charge in [0.05, 0.1) is 0 Å². The number of nitrogens with zero attached hydrogens (tertiary/aromatic N) is 1. The minimum absolute atomic E-state index is 0.671. The van der Waals surface area contributed by atoms with E-state index >= 15 is 0 Å². The van der Waals surface area contributed by atoms with Gasteiger partial charge in [-0.05, 0) is 38.8 Å². The number of piperidine rings is 1. The van der Waals surface area contributed by atoms with Crippen LogP contribution in [0.4, 0.5) is 0 Å². The molecular formula is C12H21NO3. The van der Waals surface area contributed by atoms with E-state index in [2.05, 4.69) is 4.90 Å². The number of methoxy groups -OCH3 is 1. The fourth-order valence-corrected chi connectivity index (χ4v) is 2.16. The van der Waals surface area contributed by atoms with E-state index in [4.69, 9.17) is 9.84 Å². The van der Waals surface area contributed by atoms with Crippen molar-refractivity contribution in [3.05, 3.63) is 11.6 Å². The average Bonchev–Trinajstić information content (AvgIpc) is 2.20. The van der Waals surface area contributed by atoms with Crippen LogP contribution in [0.1, 0.15) is 19.8 Å². The monoisotopic (exact) mass is 227 g/mol. The molecule has 0 unspecified atom stereocenters. The number of aliphatic carboxylic acids is 1. The van der Waals surface area contributed by atoms with Gasteiger partial charge in [0.15, 0.2) is 0 Å². The predicted molar refractivity (Wildman–Crippen MR) is 62.4 cm³/mol. The lowest BCUT2D eigenvalue weighted by atomic mass is 9.97. The van der Waals surface area contributed by atoms with Crippen molar-refractivity contribution in [2.45, 2.75) is 19.8 Å². The standard InChI is InChI=1S/C12H21NO3/c1-10(7-12(14)15)8-13-5-3-11(4-6-13)9-16-2/h7,11H,3-6,8-9H2,1-2H3,(H,14,15). The molecule has 1 heterocycles. The summed E-state index contributed by atoms with van der Waals surface area (Å²) in [5, 5.41) is 8.61.